The number of para-hydroxylation sites is 2. The van der Waals surface area contributed by atoms with Gasteiger partial charge in [-0.25, -0.2) is 4.98 Å². The molecule has 0 spiro atoms. The number of ether oxygens (including phenoxy) is 1. The number of aromatic nitrogens is 2. The van der Waals surface area contributed by atoms with Crippen LogP contribution in [0.2, 0.25) is 0 Å². The van der Waals surface area contributed by atoms with Gasteiger partial charge in [0, 0.05) is 31.6 Å². The van der Waals surface area contributed by atoms with Crippen LogP contribution in [0.15, 0.2) is 24.3 Å². The van der Waals surface area contributed by atoms with Crippen molar-refractivity contribution in [2.75, 3.05) is 26.3 Å². The summed E-state index contributed by atoms with van der Waals surface area (Å²) in [4.78, 5) is 4.42. The van der Waals surface area contributed by atoms with E-state index >= 15 is 0 Å². The third-order valence-corrected chi connectivity index (χ3v) is 5.66. The minimum atomic E-state index is -2.57. The minimum Gasteiger partial charge on any atom is -0.379 e. The van der Waals surface area contributed by atoms with Gasteiger partial charge in [-0.05, 0) is 30.9 Å². The third kappa shape index (κ3) is 3.61. The Kier molecular flexibility index (Phi) is 5.47. The van der Waals surface area contributed by atoms with Gasteiger partial charge in [-0.2, -0.15) is 8.78 Å². The molecule has 2 N–H and O–H groups in total. The van der Waals surface area contributed by atoms with Gasteiger partial charge in [-0.3, -0.25) is 4.57 Å². The Hall–Kier alpha value is -1.57. The van der Waals surface area contributed by atoms with Gasteiger partial charge < -0.3 is 15.4 Å². The van der Waals surface area contributed by atoms with Crippen LogP contribution in [0.3, 0.4) is 0 Å². The molecule has 2 fully saturated rings. The van der Waals surface area contributed by atoms with E-state index in [0.29, 0.717) is 47.8 Å². The second-order valence-corrected chi connectivity index (χ2v) is 7.21. The van der Waals surface area contributed by atoms with Crippen molar-refractivity contribution in [1.29, 1.82) is 0 Å². The van der Waals surface area contributed by atoms with Crippen molar-refractivity contribution < 1.29 is 13.5 Å². The van der Waals surface area contributed by atoms with E-state index in [9.17, 15) is 8.78 Å². The highest BCUT2D eigenvalue weighted by Gasteiger charge is 2.34. The zero-order valence-electron chi connectivity index (χ0n) is 14.8. The lowest BCUT2D eigenvalue weighted by molar-refractivity contribution is 0.0524. The predicted molar refractivity (Wildman–Crippen MR) is 96.4 cm³/mol. The van der Waals surface area contributed by atoms with Gasteiger partial charge in [0.05, 0.1) is 24.2 Å². The summed E-state index contributed by atoms with van der Waals surface area (Å²) < 4.78 is 33.7. The smallest absolute Gasteiger partial charge is 0.320 e. The van der Waals surface area contributed by atoms with Crippen molar-refractivity contribution in [1.82, 2.24) is 20.2 Å². The van der Waals surface area contributed by atoms with Crippen molar-refractivity contribution in [3.63, 3.8) is 0 Å². The molecule has 1 aromatic carbocycles. The van der Waals surface area contributed by atoms with Gasteiger partial charge in [0.1, 0.15) is 5.82 Å². The average Bonchev–Trinajstić information content (AvgIpc) is 3.26. The molecule has 1 aliphatic carbocycles. The molecule has 1 aliphatic heterocycles. The zero-order chi connectivity index (χ0) is 17.9. The monoisotopic (exact) mass is 364 g/mol. The van der Waals surface area contributed by atoms with E-state index < -0.39 is 6.55 Å². The third-order valence-electron chi connectivity index (χ3n) is 5.66. The summed E-state index contributed by atoms with van der Waals surface area (Å²) in [6, 6.07) is 7.90. The normalized spacial score (nSPS) is 26.8. The maximum atomic E-state index is 13.5. The molecule has 3 unspecified atom stereocenters. The molecule has 1 aromatic heterocycles. The van der Waals surface area contributed by atoms with Crippen molar-refractivity contribution >= 4 is 11.0 Å². The SMILES string of the molecule is FC(F)n1c(CCNC2CCCC2C2COCCN2)nc2ccccc21. The van der Waals surface area contributed by atoms with E-state index in [0.717, 1.165) is 30.7 Å². The molecular weight excluding hydrogens is 338 g/mol. The number of alkyl halides is 2. The quantitative estimate of drug-likeness (QED) is 0.828. The lowest BCUT2D eigenvalue weighted by Crippen LogP contribution is -2.51. The zero-order valence-corrected chi connectivity index (χ0v) is 14.8. The van der Waals surface area contributed by atoms with Crippen LogP contribution in [0.25, 0.3) is 11.0 Å². The summed E-state index contributed by atoms with van der Waals surface area (Å²) in [7, 11) is 0. The topological polar surface area (TPSA) is 51.1 Å². The summed E-state index contributed by atoms with van der Waals surface area (Å²) in [6.45, 7) is 0.548. The van der Waals surface area contributed by atoms with Gasteiger partial charge in [0.2, 0.25) is 0 Å². The van der Waals surface area contributed by atoms with Crippen molar-refractivity contribution in [3.05, 3.63) is 30.1 Å². The van der Waals surface area contributed by atoms with Crippen LogP contribution in [0, 0.1) is 5.92 Å². The largest absolute Gasteiger partial charge is 0.379 e. The number of halogens is 2. The van der Waals surface area contributed by atoms with E-state index in [1.807, 2.05) is 6.07 Å². The Labute approximate surface area is 152 Å². The molecule has 3 atom stereocenters. The van der Waals surface area contributed by atoms with E-state index in [1.165, 1.54) is 12.8 Å². The summed E-state index contributed by atoms with van der Waals surface area (Å²) in [5.41, 5.74) is 1.13. The molecule has 0 amide bonds. The average molecular weight is 364 g/mol. The van der Waals surface area contributed by atoms with Crippen LogP contribution in [0.1, 0.15) is 31.6 Å². The van der Waals surface area contributed by atoms with Crippen LogP contribution in [0.5, 0.6) is 0 Å². The summed E-state index contributed by atoms with van der Waals surface area (Å²) in [5.74, 6) is 0.992. The van der Waals surface area contributed by atoms with Gasteiger partial charge in [-0.15, -0.1) is 0 Å². The molecule has 0 bridgehead atoms. The first-order valence-corrected chi connectivity index (χ1v) is 9.52. The molecule has 4 rings (SSSR count). The minimum absolute atomic E-state index is 0.398. The van der Waals surface area contributed by atoms with Crippen LogP contribution >= 0.6 is 0 Å². The molecule has 2 aliphatic rings. The lowest BCUT2D eigenvalue weighted by atomic mass is 9.94. The summed E-state index contributed by atoms with van der Waals surface area (Å²) in [5, 5.41) is 7.15. The highest BCUT2D eigenvalue weighted by molar-refractivity contribution is 5.75. The lowest BCUT2D eigenvalue weighted by Gasteiger charge is -2.33. The van der Waals surface area contributed by atoms with Crippen LogP contribution in [0.4, 0.5) is 8.78 Å². The number of morpholine rings is 1. The number of imidazole rings is 1. The second-order valence-electron chi connectivity index (χ2n) is 7.21. The Morgan fingerprint density at radius 3 is 3.00 bits per heavy atom. The number of hydrogen-bond acceptors (Lipinski definition) is 4. The van der Waals surface area contributed by atoms with Crippen molar-refractivity contribution in [2.45, 2.75) is 44.3 Å². The molecule has 7 heteroatoms. The number of nitrogens with one attached hydrogen (secondary N) is 2. The number of hydrogen-bond donors (Lipinski definition) is 2. The van der Waals surface area contributed by atoms with Crippen molar-refractivity contribution in [2.24, 2.45) is 5.92 Å². The Bertz CT molecular complexity index is 729. The molecule has 5 nitrogen and oxygen atoms in total. The van der Waals surface area contributed by atoms with Crippen LogP contribution in [-0.2, 0) is 11.2 Å². The maximum Gasteiger partial charge on any atom is 0.320 e. The second kappa shape index (κ2) is 7.98. The van der Waals surface area contributed by atoms with E-state index in [4.69, 9.17) is 4.74 Å². The highest BCUT2D eigenvalue weighted by Crippen LogP contribution is 2.29. The molecule has 2 heterocycles. The molecule has 142 valence electrons. The number of rotatable bonds is 6. The predicted octanol–water partition coefficient (Wildman–Crippen LogP) is 2.72. The van der Waals surface area contributed by atoms with E-state index in [-0.39, 0.29) is 0 Å². The molecule has 0 radical (unpaired) electrons. The fourth-order valence-corrected chi connectivity index (χ4v) is 4.44. The number of benzene rings is 1. The van der Waals surface area contributed by atoms with Gasteiger partial charge in [0.25, 0.3) is 0 Å². The molecular formula is C19H26F2N4O. The van der Waals surface area contributed by atoms with Gasteiger partial charge >= 0.3 is 6.55 Å². The van der Waals surface area contributed by atoms with Crippen LogP contribution in [-0.4, -0.2) is 47.9 Å². The highest BCUT2D eigenvalue weighted by atomic mass is 19.3. The first-order valence-electron chi connectivity index (χ1n) is 9.52. The molecule has 26 heavy (non-hydrogen) atoms. The van der Waals surface area contributed by atoms with E-state index in [1.54, 1.807) is 18.2 Å². The van der Waals surface area contributed by atoms with Gasteiger partial charge in [-0.1, -0.05) is 18.6 Å². The molecule has 1 saturated heterocycles. The van der Waals surface area contributed by atoms with Crippen LogP contribution < -0.4 is 10.6 Å². The summed E-state index contributed by atoms with van der Waals surface area (Å²) in [6.07, 6.45) is 4.02. The standard InChI is InChI=1S/C19H26F2N4O/c20-19(21)25-17-7-2-1-5-15(17)24-18(25)8-9-22-14-6-3-4-13(14)16-12-26-11-10-23-16/h1-2,5,7,13-14,16,19,22-23H,3-4,6,8-12H2. The fourth-order valence-electron chi connectivity index (χ4n) is 4.44. The van der Waals surface area contributed by atoms with Gasteiger partial charge in [0.15, 0.2) is 0 Å². The first kappa shape index (κ1) is 17.8. The molecule has 2 aromatic rings. The first-order chi connectivity index (χ1) is 12.7. The Morgan fingerprint density at radius 1 is 1.31 bits per heavy atom. The fraction of sp³-hybridized carbons (Fsp3) is 0.632. The molecule has 1 saturated carbocycles. The van der Waals surface area contributed by atoms with Crippen molar-refractivity contribution in [3.8, 4) is 0 Å². The number of nitrogens with zero attached hydrogens (tertiary/aromatic N) is 2. The number of fused-ring (bicyclic) bond motifs is 1. The maximum absolute atomic E-state index is 13.5. The summed E-state index contributed by atoms with van der Waals surface area (Å²) >= 11 is 0. The Morgan fingerprint density at radius 2 is 2.19 bits per heavy atom. The Balaban J connectivity index is 1.40. The van der Waals surface area contributed by atoms with E-state index in [2.05, 4.69) is 15.6 Å².